The van der Waals surface area contributed by atoms with Crippen molar-refractivity contribution in [2.75, 3.05) is 7.05 Å². The third kappa shape index (κ3) is 4.61. The maximum absolute atomic E-state index is 14.1. The second-order valence-corrected chi connectivity index (χ2v) is 8.10. The quantitative estimate of drug-likeness (QED) is 0.319. The van der Waals surface area contributed by atoms with Crippen LogP contribution in [0.2, 0.25) is 5.02 Å². The van der Waals surface area contributed by atoms with E-state index in [1.54, 1.807) is 30.6 Å². The Balaban J connectivity index is 1.92. The van der Waals surface area contributed by atoms with Crippen molar-refractivity contribution in [2.24, 2.45) is 4.99 Å². The smallest absolute Gasteiger partial charge is 0.218 e. The highest BCUT2D eigenvalue weighted by Crippen LogP contribution is 2.40. The molecule has 0 N–H and O–H groups in total. The van der Waals surface area contributed by atoms with Crippen molar-refractivity contribution in [1.82, 2.24) is 9.27 Å². The van der Waals surface area contributed by atoms with Crippen LogP contribution in [0.25, 0.3) is 11.3 Å². The zero-order valence-corrected chi connectivity index (χ0v) is 18.6. The molecule has 8 heteroatoms. The third-order valence-corrected chi connectivity index (χ3v) is 5.57. The molecule has 0 atom stereocenters. The lowest BCUT2D eigenvalue weighted by Gasteiger charge is -2.17. The minimum Gasteiger partial charge on any atom is -0.443 e. The van der Waals surface area contributed by atoms with Crippen molar-refractivity contribution in [3.63, 3.8) is 0 Å². The number of nitrogens with zero attached hydrogens (tertiary/aromatic N) is 4. The molecule has 0 saturated carbocycles. The summed E-state index contributed by atoms with van der Waals surface area (Å²) in [5, 5.41) is 10.3. The number of ether oxygens (including phenoxy) is 1. The first kappa shape index (κ1) is 21.8. The molecule has 0 radical (unpaired) electrons. The SMILES string of the molecule is Cc1cc(/N=C\N(C)C(C)C)c(Cl)cc1Oc1snc(-c2ccccc2F)c1C#N. The normalized spacial score (nSPS) is 11.1. The summed E-state index contributed by atoms with van der Waals surface area (Å²) in [5.74, 6) is 0.0371. The first-order chi connectivity index (χ1) is 14.3. The molecule has 0 bridgehead atoms. The van der Waals surface area contributed by atoms with E-state index in [2.05, 4.69) is 29.3 Å². The number of nitriles is 1. The van der Waals surface area contributed by atoms with Gasteiger partial charge in [-0.15, -0.1) is 0 Å². The van der Waals surface area contributed by atoms with Crippen molar-refractivity contribution in [3.8, 4) is 28.1 Å². The van der Waals surface area contributed by atoms with E-state index in [1.165, 1.54) is 6.07 Å². The number of halogens is 2. The topological polar surface area (TPSA) is 61.5 Å². The van der Waals surface area contributed by atoms with Crippen molar-refractivity contribution in [1.29, 1.82) is 5.26 Å². The van der Waals surface area contributed by atoms with E-state index in [4.69, 9.17) is 16.3 Å². The minimum atomic E-state index is -0.446. The number of aromatic nitrogens is 1. The molecule has 5 nitrogen and oxygen atoms in total. The van der Waals surface area contributed by atoms with E-state index >= 15 is 0 Å². The fourth-order valence-electron chi connectivity index (χ4n) is 2.52. The van der Waals surface area contributed by atoms with Crippen LogP contribution in [0.5, 0.6) is 10.8 Å². The van der Waals surface area contributed by atoms with Gasteiger partial charge in [-0.25, -0.2) is 9.38 Å². The van der Waals surface area contributed by atoms with E-state index in [0.29, 0.717) is 22.5 Å². The molecular weight excluding hydrogens is 423 g/mol. The van der Waals surface area contributed by atoms with Crippen LogP contribution in [-0.4, -0.2) is 28.7 Å². The van der Waals surface area contributed by atoms with Gasteiger partial charge in [0.1, 0.15) is 28.9 Å². The van der Waals surface area contributed by atoms with Crippen LogP contribution in [0.1, 0.15) is 25.0 Å². The fraction of sp³-hybridized carbons (Fsp3) is 0.227. The van der Waals surface area contributed by atoms with Gasteiger partial charge in [0.15, 0.2) is 0 Å². The summed E-state index contributed by atoms with van der Waals surface area (Å²) >= 11 is 7.38. The maximum Gasteiger partial charge on any atom is 0.218 e. The van der Waals surface area contributed by atoms with Crippen molar-refractivity contribution < 1.29 is 9.13 Å². The number of rotatable bonds is 6. The van der Waals surface area contributed by atoms with Gasteiger partial charge in [-0.05, 0) is 44.5 Å². The lowest BCUT2D eigenvalue weighted by atomic mass is 10.1. The average Bonchev–Trinajstić information content (AvgIpc) is 3.11. The van der Waals surface area contributed by atoms with Gasteiger partial charge >= 0.3 is 0 Å². The number of benzene rings is 2. The number of hydrogen-bond acceptors (Lipinski definition) is 5. The Morgan fingerprint density at radius 2 is 2.07 bits per heavy atom. The highest BCUT2D eigenvalue weighted by molar-refractivity contribution is 7.08. The summed E-state index contributed by atoms with van der Waals surface area (Å²) in [5.41, 5.74) is 2.11. The summed E-state index contributed by atoms with van der Waals surface area (Å²) < 4.78 is 24.3. The molecule has 0 aliphatic carbocycles. The van der Waals surface area contributed by atoms with Crippen molar-refractivity contribution in [2.45, 2.75) is 26.8 Å². The Kier molecular flexibility index (Phi) is 6.70. The average molecular weight is 443 g/mol. The van der Waals surface area contributed by atoms with Crippen molar-refractivity contribution >= 4 is 35.2 Å². The first-order valence-corrected chi connectivity index (χ1v) is 10.4. The highest BCUT2D eigenvalue weighted by atomic mass is 35.5. The zero-order valence-electron chi connectivity index (χ0n) is 17.0. The molecule has 0 saturated heterocycles. The molecule has 0 amide bonds. The molecule has 0 fully saturated rings. The Morgan fingerprint density at radius 1 is 1.33 bits per heavy atom. The summed E-state index contributed by atoms with van der Waals surface area (Å²) in [6.45, 7) is 5.99. The second kappa shape index (κ2) is 9.24. The van der Waals surface area contributed by atoms with Gasteiger partial charge in [-0.1, -0.05) is 23.7 Å². The monoisotopic (exact) mass is 442 g/mol. The molecule has 2 aromatic carbocycles. The molecule has 0 aliphatic rings. The molecule has 1 heterocycles. The van der Waals surface area contributed by atoms with Crippen molar-refractivity contribution in [3.05, 3.63) is 58.4 Å². The minimum absolute atomic E-state index is 0.182. The number of aliphatic imine (C=N–C) groups is 1. The van der Waals surface area contributed by atoms with E-state index in [0.717, 1.165) is 17.1 Å². The summed E-state index contributed by atoms with van der Waals surface area (Å²) in [6.07, 6.45) is 1.73. The van der Waals surface area contributed by atoms with Gasteiger partial charge in [0.05, 0.1) is 17.0 Å². The summed E-state index contributed by atoms with van der Waals surface area (Å²) in [4.78, 5) is 6.40. The van der Waals surface area contributed by atoms with Crippen LogP contribution in [0, 0.1) is 24.1 Å². The van der Waals surface area contributed by atoms with Crippen LogP contribution >= 0.6 is 23.1 Å². The van der Waals surface area contributed by atoms with Crippen LogP contribution in [0.4, 0.5) is 10.1 Å². The van der Waals surface area contributed by atoms with Crippen LogP contribution in [-0.2, 0) is 0 Å². The standard InChI is InChI=1S/C22H20ClFN4OS/c1-13(2)28(4)12-26-19-9-14(3)20(10-17(19)23)29-22-16(11-25)21(27-30-22)15-7-5-6-8-18(15)24/h5-10,12-13H,1-4H3/b26-12-. The molecule has 0 unspecified atom stereocenters. The van der Waals surface area contributed by atoms with Gasteiger partial charge in [0, 0.05) is 36.3 Å². The molecule has 30 heavy (non-hydrogen) atoms. The van der Waals surface area contributed by atoms with E-state index in [9.17, 15) is 9.65 Å². The Labute approximate surface area is 184 Å². The molecule has 154 valence electrons. The Morgan fingerprint density at radius 3 is 2.73 bits per heavy atom. The van der Waals surface area contributed by atoms with Gasteiger partial charge < -0.3 is 9.64 Å². The summed E-state index contributed by atoms with van der Waals surface area (Å²) in [7, 11) is 1.94. The predicted molar refractivity (Wildman–Crippen MR) is 120 cm³/mol. The van der Waals surface area contributed by atoms with E-state index in [-0.39, 0.29) is 21.9 Å². The Hall–Kier alpha value is -2.95. The number of hydrogen-bond donors (Lipinski definition) is 0. The summed E-state index contributed by atoms with van der Waals surface area (Å²) in [6, 6.07) is 12.0. The Bertz CT molecular complexity index is 1140. The predicted octanol–water partition coefficient (Wildman–Crippen LogP) is 6.58. The lowest BCUT2D eigenvalue weighted by molar-refractivity contribution is 0.429. The second-order valence-electron chi connectivity index (χ2n) is 6.96. The van der Waals surface area contributed by atoms with Gasteiger partial charge in [-0.3, -0.25) is 0 Å². The fourth-order valence-corrected chi connectivity index (χ4v) is 3.45. The van der Waals surface area contributed by atoms with Crippen LogP contribution in [0.15, 0.2) is 41.4 Å². The lowest BCUT2D eigenvalue weighted by Crippen LogP contribution is -2.24. The molecule has 3 rings (SSSR count). The van der Waals surface area contributed by atoms with E-state index in [1.807, 2.05) is 24.9 Å². The molecule has 0 spiro atoms. The maximum atomic E-state index is 14.1. The largest absolute Gasteiger partial charge is 0.443 e. The van der Waals surface area contributed by atoms with Gasteiger partial charge in [0.25, 0.3) is 0 Å². The number of aryl methyl sites for hydroxylation is 1. The van der Waals surface area contributed by atoms with Crippen LogP contribution in [0.3, 0.4) is 0 Å². The molecular formula is C22H20ClFN4OS. The molecule has 1 aromatic heterocycles. The van der Waals surface area contributed by atoms with Gasteiger partial charge in [-0.2, -0.15) is 9.64 Å². The molecule has 3 aromatic rings. The third-order valence-electron chi connectivity index (χ3n) is 4.54. The molecule has 0 aliphatic heterocycles. The van der Waals surface area contributed by atoms with Gasteiger partial charge in [0.2, 0.25) is 5.06 Å². The first-order valence-electron chi connectivity index (χ1n) is 9.20. The highest BCUT2D eigenvalue weighted by Gasteiger charge is 2.20. The zero-order chi connectivity index (χ0) is 21.8. The van der Waals surface area contributed by atoms with E-state index < -0.39 is 5.82 Å². The van der Waals surface area contributed by atoms with Crippen LogP contribution < -0.4 is 4.74 Å².